The Morgan fingerprint density at radius 1 is 0.958 bits per heavy atom. The van der Waals surface area contributed by atoms with Gasteiger partial charge in [0, 0.05) is 13.0 Å². The zero-order valence-electron chi connectivity index (χ0n) is 16.2. The van der Waals surface area contributed by atoms with Gasteiger partial charge in [-0.1, -0.05) is 76.9 Å². The molecule has 0 aromatic carbocycles. The average Bonchev–Trinajstić information content (AvgIpc) is 3.04. The fraction of sp³-hybridized carbons (Fsp3) is 0.857. The fourth-order valence-electron chi connectivity index (χ4n) is 3.33. The number of hydrogen-bond acceptors (Lipinski definition) is 3. The molecular weight excluding hydrogens is 296 g/mol. The second kappa shape index (κ2) is 14.5. The number of aliphatic hydroxyl groups is 1. The minimum absolute atomic E-state index is 0.401. The summed E-state index contributed by atoms with van der Waals surface area (Å²) in [6.07, 6.45) is 21.5. The Labute approximate surface area is 150 Å². The maximum absolute atomic E-state index is 9.66. The molecule has 0 radical (unpaired) electrons. The van der Waals surface area contributed by atoms with E-state index in [4.69, 9.17) is 0 Å². The predicted octanol–water partition coefficient (Wildman–Crippen LogP) is 5.69. The maximum atomic E-state index is 9.66. The topological polar surface area (TPSA) is 35.8 Å². The first kappa shape index (κ1) is 21.2. The summed E-state index contributed by atoms with van der Waals surface area (Å²) in [6.45, 7) is 5.81. The molecule has 1 rings (SSSR count). The Morgan fingerprint density at radius 2 is 1.54 bits per heavy atom. The summed E-state index contributed by atoms with van der Waals surface area (Å²) in [5, 5.41) is 9.66. The molecular formula is C21H40N2O. The molecule has 1 atom stereocenters. The van der Waals surface area contributed by atoms with Crippen molar-refractivity contribution in [3.8, 4) is 0 Å². The quantitative estimate of drug-likeness (QED) is 0.308. The van der Waals surface area contributed by atoms with Crippen LogP contribution in [0.5, 0.6) is 0 Å². The maximum Gasteiger partial charge on any atom is 0.125 e. The molecule has 3 nitrogen and oxygen atoms in total. The summed E-state index contributed by atoms with van der Waals surface area (Å²) < 4.78 is 0. The number of hydrogen-bond donors (Lipinski definition) is 1. The molecule has 1 aliphatic rings. The third-order valence-electron chi connectivity index (χ3n) is 4.84. The molecule has 140 valence electrons. The SMILES string of the molecule is CCCCCCCCCCCC/C=C/CCC1=NCCN1C(C)O. The summed E-state index contributed by atoms with van der Waals surface area (Å²) in [6, 6.07) is 0. The number of rotatable bonds is 15. The standard InChI is InChI=1S/C21H40N2O/c1-3-4-5-6-7-8-9-10-11-12-13-14-15-16-17-21-22-18-19-23(21)20(2)24/h14-15,20,24H,3-13,16-19H2,1-2H3/b15-14+. The van der Waals surface area contributed by atoms with E-state index in [-0.39, 0.29) is 0 Å². The lowest BCUT2D eigenvalue weighted by Crippen LogP contribution is -2.35. The van der Waals surface area contributed by atoms with Crippen molar-refractivity contribution in [2.24, 2.45) is 4.99 Å². The van der Waals surface area contributed by atoms with Gasteiger partial charge >= 0.3 is 0 Å². The monoisotopic (exact) mass is 336 g/mol. The van der Waals surface area contributed by atoms with Crippen molar-refractivity contribution in [3.05, 3.63) is 12.2 Å². The van der Waals surface area contributed by atoms with Gasteiger partial charge in [-0.3, -0.25) is 4.99 Å². The van der Waals surface area contributed by atoms with Crippen LogP contribution in [0.4, 0.5) is 0 Å². The molecule has 0 saturated heterocycles. The van der Waals surface area contributed by atoms with Crippen LogP contribution in [0, 0.1) is 0 Å². The van der Waals surface area contributed by atoms with E-state index >= 15 is 0 Å². The van der Waals surface area contributed by atoms with Crippen LogP contribution in [0.1, 0.15) is 97.3 Å². The van der Waals surface area contributed by atoms with Crippen LogP contribution < -0.4 is 0 Å². The highest BCUT2D eigenvalue weighted by atomic mass is 16.3. The van der Waals surface area contributed by atoms with Crippen molar-refractivity contribution in [1.82, 2.24) is 4.90 Å². The number of allylic oxidation sites excluding steroid dienone is 2. The minimum atomic E-state index is -0.401. The van der Waals surface area contributed by atoms with E-state index in [9.17, 15) is 5.11 Å². The fourth-order valence-corrected chi connectivity index (χ4v) is 3.33. The molecule has 1 heterocycles. The number of nitrogens with zero attached hydrogens (tertiary/aromatic N) is 2. The van der Waals surface area contributed by atoms with Crippen molar-refractivity contribution >= 4 is 5.84 Å². The van der Waals surface area contributed by atoms with Gasteiger partial charge in [-0.2, -0.15) is 0 Å². The lowest BCUT2D eigenvalue weighted by atomic mass is 10.1. The Hall–Kier alpha value is -0.830. The molecule has 0 aromatic rings. The van der Waals surface area contributed by atoms with Gasteiger partial charge in [0.2, 0.25) is 0 Å². The second-order valence-electron chi connectivity index (χ2n) is 7.10. The summed E-state index contributed by atoms with van der Waals surface area (Å²) in [4.78, 5) is 6.50. The van der Waals surface area contributed by atoms with Gasteiger partial charge in [0.1, 0.15) is 12.1 Å². The van der Waals surface area contributed by atoms with E-state index < -0.39 is 6.23 Å². The molecule has 0 spiro atoms. The third-order valence-corrected chi connectivity index (χ3v) is 4.84. The minimum Gasteiger partial charge on any atom is -0.374 e. The first-order valence-electron chi connectivity index (χ1n) is 10.4. The molecule has 3 heteroatoms. The van der Waals surface area contributed by atoms with Crippen LogP contribution in [-0.2, 0) is 0 Å². The third kappa shape index (κ3) is 10.1. The molecule has 1 N–H and O–H groups in total. The number of amidine groups is 1. The van der Waals surface area contributed by atoms with Crippen molar-refractivity contribution in [1.29, 1.82) is 0 Å². The van der Waals surface area contributed by atoms with E-state index in [1.807, 2.05) is 11.8 Å². The molecule has 0 bridgehead atoms. The molecule has 0 saturated carbocycles. The van der Waals surface area contributed by atoms with Gasteiger partial charge in [-0.25, -0.2) is 0 Å². The van der Waals surface area contributed by atoms with Gasteiger partial charge in [0.05, 0.1) is 6.54 Å². The summed E-state index contributed by atoms with van der Waals surface area (Å²) in [5.74, 6) is 1.08. The van der Waals surface area contributed by atoms with Crippen LogP contribution in [0.3, 0.4) is 0 Å². The molecule has 1 unspecified atom stereocenters. The molecule has 0 amide bonds. The largest absolute Gasteiger partial charge is 0.374 e. The molecule has 0 aromatic heterocycles. The number of unbranched alkanes of at least 4 members (excludes halogenated alkanes) is 10. The molecule has 1 aliphatic heterocycles. The van der Waals surface area contributed by atoms with E-state index in [1.54, 1.807) is 0 Å². The lowest BCUT2D eigenvalue weighted by Gasteiger charge is -2.23. The summed E-state index contributed by atoms with van der Waals surface area (Å²) in [5.41, 5.74) is 0. The molecule has 0 fully saturated rings. The van der Waals surface area contributed by atoms with Gasteiger partial charge < -0.3 is 10.0 Å². The Morgan fingerprint density at radius 3 is 2.17 bits per heavy atom. The van der Waals surface area contributed by atoms with Gasteiger partial charge in [-0.05, 0) is 26.2 Å². The van der Waals surface area contributed by atoms with Crippen molar-refractivity contribution in [2.75, 3.05) is 13.1 Å². The van der Waals surface area contributed by atoms with E-state index in [1.165, 1.54) is 70.6 Å². The lowest BCUT2D eigenvalue weighted by molar-refractivity contribution is 0.0767. The highest BCUT2D eigenvalue weighted by Crippen LogP contribution is 2.12. The predicted molar refractivity (Wildman–Crippen MR) is 106 cm³/mol. The van der Waals surface area contributed by atoms with Crippen molar-refractivity contribution in [3.63, 3.8) is 0 Å². The van der Waals surface area contributed by atoms with Gasteiger partial charge in [-0.15, -0.1) is 0 Å². The Kier molecular flexibility index (Phi) is 12.8. The van der Waals surface area contributed by atoms with E-state index in [2.05, 4.69) is 24.1 Å². The van der Waals surface area contributed by atoms with Crippen molar-refractivity contribution < 1.29 is 5.11 Å². The van der Waals surface area contributed by atoms with E-state index in [0.29, 0.717) is 0 Å². The summed E-state index contributed by atoms with van der Waals surface area (Å²) in [7, 11) is 0. The van der Waals surface area contributed by atoms with Crippen LogP contribution in [0.2, 0.25) is 0 Å². The first-order valence-corrected chi connectivity index (χ1v) is 10.4. The second-order valence-corrected chi connectivity index (χ2v) is 7.10. The normalized spacial score (nSPS) is 16.1. The van der Waals surface area contributed by atoms with Crippen LogP contribution in [-0.4, -0.2) is 35.2 Å². The van der Waals surface area contributed by atoms with Crippen LogP contribution in [0.25, 0.3) is 0 Å². The Bertz CT molecular complexity index is 350. The number of aliphatic hydroxyl groups excluding tert-OH is 1. The van der Waals surface area contributed by atoms with Gasteiger partial charge in [0.25, 0.3) is 0 Å². The number of aliphatic imine (C=N–C) groups is 1. The highest BCUT2D eigenvalue weighted by molar-refractivity contribution is 5.84. The van der Waals surface area contributed by atoms with E-state index in [0.717, 1.165) is 31.8 Å². The zero-order chi connectivity index (χ0) is 17.5. The smallest absolute Gasteiger partial charge is 0.125 e. The van der Waals surface area contributed by atoms with Crippen LogP contribution in [0.15, 0.2) is 17.1 Å². The zero-order valence-corrected chi connectivity index (χ0v) is 16.2. The summed E-state index contributed by atoms with van der Waals surface area (Å²) >= 11 is 0. The molecule has 24 heavy (non-hydrogen) atoms. The van der Waals surface area contributed by atoms with Crippen molar-refractivity contribution in [2.45, 2.75) is 104 Å². The van der Waals surface area contributed by atoms with Crippen LogP contribution >= 0.6 is 0 Å². The highest BCUT2D eigenvalue weighted by Gasteiger charge is 2.19. The Balaban J connectivity index is 1.87. The average molecular weight is 337 g/mol. The van der Waals surface area contributed by atoms with Gasteiger partial charge in [0.15, 0.2) is 0 Å². The first-order chi connectivity index (χ1) is 11.8. The molecule has 0 aliphatic carbocycles.